The second-order valence-corrected chi connectivity index (χ2v) is 2.93. The third-order valence-corrected chi connectivity index (χ3v) is 2.09. The number of fused-ring (bicyclic) bond motifs is 1. The summed E-state index contributed by atoms with van der Waals surface area (Å²) in [6, 6.07) is 0. The minimum Gasteiger partial charge on any atom is -0.227 e. The highest BCUT2D eigenvalue weighted by Crippen LogP contribution is 2.30. The number of aromatic nitrogens is 2. The van der Waals surface area contributed by atoms with Gasteiger partial charge in [0.15, 0.2) is 0 Å². The molecule has 1 aromatic rings. The lowest BCUT2D eigenvalue weighted by Crippen LogP contribution is -1.88. The molecule has 0 saturated heterocycles. The van der Waals surface area contributed by atoms with Gasteiger partial charge in [-0.3, -0.25) is 0 Å². The zero-order valence-electron chi connectivity index (χ0n) is 4.93. The Hall–Kier alpha value is -0.740. The van der Waals surface area contributed by atoms with Crippen molar-refractivity contribution in [3.63, 3.8) is 0 Å². The minimum absolute atomic E-state index is 0.847. The molecule has 1 aromatic heterocycles. The second-order valence-electron chi connectivity index (χ2n) is 1.85. The first-order valence-corrected chi connectivity index (χ1v) is 3.80. The highest BCUT2D eigenvalue weighted by atomic mass is 127. The molecule has 48 valence electrons. The van der Waals surface area contributed by atoms with Crippen molar-refractivity contribution in [2.45, 2.75) is 0 Å². The Morgan fingerprint density at radius 1 is 1.60 bits per heavy atom. The molecule has 3 nitrogen and oxygen atoms in total. The van der Waals surface area contributed by atoms with Gasteiger partial charge in [-0.05, 0) is 0 Å². The summed E-state index contributed by atoms with van der Waals surface area (Å²) in [6.07, 6.45) is 6.23. The molecule has 2 rings (SSSR count). The van der Waals surface area contributed by atoms with E-state index >= 15 is 0 Å². The Morgan fingerprint density at radius 3 is 3.30 bits per heavy atom. The third kappa shape index (κ3) is 0.767. The molecular weight excluding hydrogens is 241 g/mol. The molecule has 10 heavy (non-hydrogen) atoms. The SMILES string of the molecule is IC1=[C+]Nc2ncncc21. The van der Waals surface area contributed by atoms with Crippen LogP contribution in [0, 0.1) is 6.20 Å². The normalized spacial score (nSPS) is 13.1. The number of anilines is 1. The molecule has 0 atom stereocenters. The molecule has 1 N–H and O–H groups in total. The maximum Gasteiger partial charge on any atom is 0.297 e. The van der Waals surface area contributed by atoms with E-state index in [-0.39, 0.29) is 0 Å². The second kappa shape index (κ2) is 2.14. The number of halogens is 1. The summed E-state index contributed by atoms with van der Waals surface area (Å²) >= 11 is 2.19. The van der Waals surface area contributed by atoms with Crippen molar-refractivity contribution in [1.82, 2.24) is 9.97 Å². The summed E-state index contributed by atoms with van der Waals surface area (Å²) in [5, 5.41) is 2.90. The number of hydrogen-bond donors (Lipinski definition) is 1. The van der Waals surface area contributed by atoms with Crippen LogP contribution in [0.1, 0.15) is 5.56 Å². The van der Waals surface area contributed by atoms with Crippen LogP contribution in [0.25, 0.3) is 3.58 Å². The van der Waals surface area contributed by atoms with Crippen LogP contribution < -0.4 is 5.32 Å². The molecule has 0 aromatic carbocycles. The van der Waals surface area contributed by atoms with Gasteiger partial charge in [-0.2, -0.15) is 5.32 Å². The molecule has 0 radical (unpaired) electrons. The first kappa shape index (κ1) is 6.00. The quantitative estimate of drug-likeness (QED) is 0.554. The lowest BCUT2D eigenvalue weighted by molar-refractivity contribution is 1.17. The van der Waals surface area contributed by atoms with Crippen LogP contribution in [0.15, 0.2) is 12.5 Å². The molecule has 0 amide bonds. The Bertz CT molecular complexity index is 295. The fraction of sp³-hybridized carbons (Fsp3) is 0. The molecule has 0 unspecified atom stereocenters. The Morgan fingerprint density at radius 2 is 2.50 bits per heavy atom. The largest absolute Gasteiger partial charge is 0.297 e. The molecule has 0 aliphatic carbocycles. The summed E-state index contributed by atoms with van der Waals surface area (Å²) in [4.78, 5) is 7.89. The monoisotopic (exact) mass is 244 g/mol. The van der Waals surface area contributed by atoms with Gasteiger partial charge in [0.1, 0.15) is 18.7 Å². The lowest BCUT2D eigenvalue weighted by Gasteiger charge is -1.82. The minimum atomic E-state index is 0.847. The van der Waals surface area contributed by atoms with E-state index in [1.165, 1.54) is 6.33 Å². The molecule has 0 saturated carbocycles. The number of hydrogen-bond acceptors (Lipinski definition) is 3. The summed E-state index contributed by atoms with van der Waals surface area (Å²) in [5.74, 6) is 0.847. The first-order chi connectivity index (χ1) is 4.88. The van der Waals surface area contributed by atoms with E-state index in [4.69, 9.17) is 0 Å². The van der Waals surface area contributed by atoms with Crippen molar-refractivity contribution < 1.29 is 0 Å². The van der Waals surface area contributed by atoms with Crippen LogP contribution in [0.4, 0.5) is 5.82 Å². The van der Waals surface area contributed by atoms with Crippen LogP contribution >= 0.6 is 22.6 Å². The van der Waals surface area contributed by atoms with Gasteiger partial charge < -0.3 is 0 Å². The molecule has 0 bridgehead atoms. The van der Waals surface area contributed by atoms with Gasteiger partial charge in [-0.1, -0.05) is 0 Å². The molecule has 1 aliphatic rings. The molecule has 0 fully saturated rings. The third-order valence-electron chi connectivity index (χ3n) is 1.24. The standard InChI is InChI=1S/C6H3IN3/c7-5-2-9-6-4(5)1-8-3-10-6/h1,3H,(H,8,9,10)/q+1. The smallest absolute Gasteiger partial charge is 0.227 e. The van der Waals surface area contributed by atoms with Crippen molar-refractivity contribution >= 4 is 32.0 Å². The predicted octanol–water partition coefficient (Wildman–Crippen LogP) is 1.44. The van der Waals surface area contributed by atoms with E-state index in [9.17, 15) is 0 Å². The van der Waals surface area contributed by atoms with E-state index in [2.05, 4.69) is 44.1 Å². The topological polar surface area (TPSA) is 37.8 Å². The van der Waals surface area contributed by atoms with Gasteiger partial charge in [0.25, 0.3) is 5.82 Å². The van der Waals surface area contributed by atoms with Crippen molar-refractivity contribution in [1.29, 1.82) is 0 Å². The molecule has 0 spiro atoms. The number of nitrogens with one attached hydrogen (secondary N) is 1. The number of nitrogens with zero attached hydrogens (tertiary/aromatic N) is 2. The van der Waals surface area contributed by atoms with Crippen molar-refractivity contribution in [2.75, 3.05) is 5.32 Å². The van der Waals surface area contributed by atoms with Gasteiger partial charge in [0, 0.05) is 22.6 Å². The van der Waals surface area contributed by atoms with Crippen LogP contribution in [0.5, 0.6) is 0 Å². The Labute approximate surface area is 71.7 Å². The molecule has 1 aliphatic heterocycles. The van der Waals surface area contributed by atoms with Gasteiger partial charge in [-0.15, -0.1) is 4.98 Å². The van der Waals surface area contributed by atoms with E-state index in [0.29, 0.717) is 0 Å². The average Bonchev–Trinajstić information content (AvgIpc) is 2.34. The summed E-state index contributed by atoms with van der Waals surface area (Å²) in [5.41, 5.74) is 1.03. The van der Waals surface area contributed by atoms with E-state index in [0.717, 1.165) is 15.0 Å². The molecular formula is C6H3IN3+. The van der Waals surface area contributed by atoms with Crippen LogP contribution in [0.3, 0.4) is 0 Å². The number of rotatable bonds is 0. The summed E-state index contributed by atoms with van der Waals surface area (Å²) in [7, 11) is 0. The first-order valence-electron chi connectivity index (χ1n) is 2.73. The summed E-state index contributed by atoms with van der Waals surface area (Å²) in [6.45, 7) is 0. The Kier molecular flexibility index (Phi) is 1.28. The van der Waals surface area contributed by atoms with Gasteiger partial charge in [0.05, 0.1) is 0 Å². The van der Waals surface area contributed by atoms with Crippen molar-refractivity contribution in [3.8, 4) is 0 Å². The van der Waals surface area contributed by atoms with Crippen molar-refractivity contribution in [3.05, 3.63) is 24.3 Å². The highest BCUT2D eigenvalue weighted by Gasteiger charge is 2.25. The zero-order valence-corrected chi connectivity index (χ0v) is 7.08. The highest BCUT2D eigenvalue weighted by molar-refractivity contribution is 14.1. The van der Waals surface area contributed by atoms with Gasteiger partial charge in [-0.25, -0.2) is 4.98 Å². The van der Waals surface area contributed by atoms with E-state index < -0.39 is 0 Å². The average molecular weight is 244 g/mol. The zero-order chi connectivity index (χ0) is 6.97. The summed E-state index contributed by atoms with van der Waals surface area (Å²) < 4.78 is 1.04. The van der Waals surface area contributed by atoms with Gasteiger partial charge >= 0.3 is 0 Å². The van der Waals surface area contributed by atoms with Crippen LogP contribution in [0.2, 0.25) is 0 Å². The van der Waals surface area contributed by atoms with E-state index in [1.54, 1.807) is 6.20 Å². The Balaban J connectivity index is 2.61. The van der Waals surface area contributed by atoms with E-state index in [1.807, 2.05) is 0 Å². The fourth-order valence-corrected chi connectivity index (χ4v) is 1.30. The van der Waals surface area contributed by atoms with Crippen molar-refractivity contribution in [2.24, 2.45) is 0 Å². The molecule has 2 heterocycles. The van der Waals surface area contributed by atoms with Gasteiger partial charge in [0.2, 0.25) is 9.14 Å². The molecule has 4 heteroatoms. The fourth-order valence-electron chi connectivity index (χ4n) is 0.771. The maximum atomic E-state index is 4.00. The van der Waals surface area contributed by atoms with Crippen LogP contribution in [-0.2, 0) is 0 Å². The lowest BCUT2D eigenvalue weighted by atomic mass is 10.3. The van der Waals surface area contributed by atoms with Crippen LogP contribution in [-0.4, -0.2) is 9.97 Å². The maximum absolute atomic E-state index is 4.00. The predicted molar refractivity (Wildman–Crippen MR) is 46.3 cm³/mol.